The maximum atomic E-state index is 11.6. The van der Waals surface area contributed by atoms with E-state index in [1.807, 2.05) is 0 Å². The summed E-state index contributed by atoms with van der Waals surface area (Å²) in [7, 11) is 1.46. The van der Waals surface area contributed by atoms with E-state index in [2.05, 4.69) is 34.6 Å². The molecule has 3 rings (SSSR count). The van der Waals surface area contributed by atoms with Gasteiger partial charge in [0.2, 0.25) is 0 Å². The zero-order chi connectivity index (χ0) is 20.9. The van der Waals surface area contributed by atoms with Crippen LogP contribution in [0, 0.1) is 46.3 Å². The van der Waals surface area contributed by atoms with Gasteiger partial charge >= 0.3 is 5.97 Å². The molecule has 3 aliphatic rings. The zero-order valence-corrected chi connectivity index (χ0v) is 18.9. The van der Waals surface area contributed by atoms with E-state index in [0.29, 0.717) is 41.9 Å². The summed E-state index contributed by atoms with van der Waals surface area (Å²) in [6, 6.07) is 0.251. The molecule has 4 nitrogen and oxygen atoms in total. The third-order valence-corrected chi connectivity index (χ3v) is 10.1. The lowest BCUT2D eigenvalue weighted by Crippen LogP contribution is -2.62. The lowest BCUT2D eigenvalue weighted by molar-refractivity contribution is -0.165. The Morgan fingerprint density at radius 3 is 2.54 bits per heavy atom. The van der Waals surface area contributed by atoms with E-state index in [1.165, 1.54) is 13.5 Å². The van der Waals surface area contributed by atoms with Crippen LogP contribution >= 0.6 is 0 Å². The van der Waals surface area contributed by atoms with Gasteiger partial charge in [-0.2, -0.15) is 0 Å². The second-order valence-electron chi connectivity index (χ2n) is 10.8. The lowest BCUT2D eigenvalue weighted by Gasteiger charge is -2.62. The molecule has 0 saturated heterocycles. The largest absolute Gasteiger partial charge is 0.469 e. The van der Waals surface area contributed by atoms with E-state index < -0.39 is 0 Å². The first-order valence-corrected chi connectivity index (χ1v) is 11.6. The van der Waals surface area contributed by atoms with Crippen LogP contribution in [-0.2, 0) is 9.53 Å². The van der Waals surface area contributed by atoms with Crippen LogP contribution in [0.1, 0.15) is 79.6 Å². The van der Waals surface area contributed by atoms with Gasteiger partial charge in [0, 0.05) is 12.5 Å². The van der Waals surface area contributed by atoms with Crippen LogP contribution in [0.15, 0.2) is 0 Å². The number of carbonyl (C=O) groups excluding carboxylic acids is 1. The van der Waals surface area contributed by atoms with E-state index >= 15 is 0 Å². The Balaban J connectivity index is 1.86. The summed E-state index contributed by atoms with van der Waals surface area (Å²) in [5, 5.41) is 11.5. The molecular formula is C24H43NO3. The fourth-order valence-electron chi connectivity index (χ4n) is 7.95. The molecular weight excluding hydrogens is 350 g/mol. The van der Waals surface area contributed by atoms with E-state index in [1.54, 1.807) is 0 Å². The number of aliphatic hydroxyl groups is 1. The minimum absolute atomic E-state index is 0.0798. The number of hydrogen-bond donors (Lipinski definition) is 2. The van der Waals surface area contributed by atoms with Crippen molar-refractivity contribution in [2.75, 3.05) is 7.11 Å². The fourth-order valence-corrected chi connectivity index (χ4v) is 7.95. The monoisotopic (exact) mass is 393 g/mol. The molecule has 3 saturated carbocycles. The van der Waals surface area contributed by atoms with Crippen LogP contribution in [-0.4, -0.2) is 30.3 Å². The standard InChI is InChI=1S/C24H43NO3/c1-7-23(4)15(3)12-19(25)22-17-10-9-16(14(2)8-11-21(27)28-6)24(17,5)20(26)13-18(22)23/h14-20,22,26H,7-13,25H2,1-6H3/t14-,15?,16-,17+,18+,19-,20+,22?,23?,24?/m1/s1. The van der Waals surface area contributed by atoms with Crippen molar-refractivity contribution in [2.45, 2.75) is 91.7 Å². The van der Waals surface area contributed by atoms with Gasteiger partial charge in [0.15, 0.2) is 0 Å². The minimum atomic E-state index is -0.268. The second kappa shape index (κ2) is 7.91. The van der Waals surface area contributed by atoms with Gasteiger partial charge in [0.05, 0.1) is 13.2 Å². The van der Waals surface area contributed by atoms with Gasteiger partial charge in [-0.1, -0.05) is 41.0 Å². The van der Waals surface area contributed by atoms with Gasteiger partial charge in [-0.05, 0) is 78.4 Å². The molecule has 10 atom stereocenters. The molecule has 0 aromatic heterocycles. The fraction of sp³-hybridized carbons (Fsp3) is 0.958. The van der Waals surface area contributed by atoms with Crippen molar-refractivity contribution < 1.29 is 14.6 Å². The van der Waals surface area contributed by atoms with Crippen LogP contribution in [0.5, 0.6) is 0 Å². The Labute approximate surface area is 172 Å². The molecule has 0 aromatic rings. The van der Waals surface area contributed by atoms with Gasteiger partial charge in [0.1, 0.15) is 0 Å². The van der Waals surface area contributed by atoms with Gasteiger partial charge in [-0.25, -0.2) is 0 Å². The first-order chi connectivity index (χ1) is 13.1. The lowest BCUT2D eigenvalue weighted by atomic mass is 9.44. The third-order valence-electron chi connectivity index (χ3n) is 10.1. The van der Waals surface area contributed by atoms with Gasteiger partial charge in [0.25, 0.3) is 0 Å². The molecule has 4 unspecified atom stereocenters. The first kappa shape index (κ1) is 22.1. The van der Waals surface area contributed by atoms with Crippen molar-refractivity contribution in [1.29, 1.82) is 0 Å². The molecule has 3 N–H and O–H groups in total. The number of ether oxygens (including phenoxy) is 1. The maximum Gasteiger partial charge on any atom is 0.305 e. The highest BCUT2D eigenvalue weighted by Gasteiger charge is 2.64. The van der Waals surface area contributed by atoms with E-state index in [9.17, 15) is 9.90 Å². The highest BCUT2D eigenvalue weighted by Crippen LogP contribution is 2.66. The van der Waals surface area contributed by atoms with Crippen molar-refractivity contribution >= 4 is 5.97 Å². The van der Waals surface area contributed by atoms with Crippen LogP contribution < -0.4 is 5.73 Å². The van der Waals surface area contributed by atoms with Crippen LogP contribution in [0.25, 0.3) is 0 Å². The van der Waals surface area contributed by atoms with Crippen molar-refractivity contribution in [1.82, 2.24) is 0 Å². The Morgan fingerprint density at radius 1 is 1.25 bits per heavy atom. The number of methoxy groups -OCH3 is 1. The summed E-state index contributed by atoms with van der Waals surface area (Å²) in [5.74, 6) is 2.90. The molecule has 0 heterocycles. The number of fused-ring (bicyclic) bond motifs is 3. The SMILES string of the molecule is CCC1(C)C(C)C[C@@H](N)C2[C@@H]1C[C@H](O)C1(C)[C@@H]([C@H](C)CCC(=O)OC)CC[C@@H]21. The van der Waals surface area contributed by atoms with Crippen LogP contribution in [0.4, 0.5) is 0 Å². The second-order valence-corrected chi connectivity index (χ2v) is 10.8. The van der Waals surface area contributed by atoms with Gasteiger partial charge in [-0.3, -0.25) is 4.79 Å². The molecule has 162 valence electrons. The highest BCUT2D eigenvalue weighted by molar-refractivity contribution is 5.69. The Bertz CT molecular complexity index is 580. The molecule has 0 spiro atoms. The summed E-state index contributed by atoms with van der Waals surface area (Å²) in [6.07, 6.45) is 6.53. The quantitative estimate of drug-likeness (QED) is 0.680. The first-order valence-electron chi connectivity index (χ1n) is 11.6. The number of rotatable bonds is 5. The number of carbonyl (C=O) groups is 1. The highest BCUT2D eigenvalue weighted by atomic mass is 16.5. The molecule has 3 fully saturated rings. The van der Waals surface area contributed by atoms with Crippen LogP contribution in [0.2, 0.25) is 0 Å². The molecule has 0 aromatic carbocycles. The average Bonchev–Trinajstić information content (AvgIpc) is 3.02. The van der Waals surface area contributed by atoms with Crippen molar-refractivity contribution in [3.8, 4) is 0 Å². The van der Waals surface area contributed by atoms with E-state index in [4.69, 9.17) is 10.5 Å². The average molecular weight is 394 g/mol. The summed E-state index contributed by atoms with van der Waals surface area (Å²) >= 11 is 0. The topological polar surface area (TPSA) is 72.5 Å². The molecule has 4 heteroatoms. The Hall–Kier alpha value is -0.610. The Kier molecular flexibility index (Phi) is 6.23. The molecule has 0 amide bonds. The van der Waals surface area contributed by atoms with Gasteiger partial charge < -0.3 is 15.6 Å². The summed E-state index contributed by atoms with van der Waals surface area (Å²) in [4.78, 5) is 11.6. The molecule has 0 radical (unpaired) electrons. The minimum Gasteiger partial charge on any atom is -0.469 e. The van der Waals surface area contributed by atoms with Crippen LogP contribution in [0.3, 0.4) is 0 Å². The normalized spacial score (nSPS) is 49.2. The third kappa shape index (κ3) is 3.23. The van der Waals surface area contributed by atoms with Crippen molar-refractivity contribution in [3.63, 3.8) is 0 Å². The smallest absolute Gasteiger partial charge is 0.305 e. The van der Waals surface area contributed by atoms with Crippen molar-refractivity contribution in [2.24, 2.45) is 52.1 Å². The number of nitrogens with two attached hydrogens (primary N) is 1. The van der Waals surface area contributed by atoms with E-state index in [-0.39, 0.29) is 28.9 Å². The summed E-state index contributed by atoms with van der Waals surface area (Å²) < 4.78 is 4.84. The van der Waals surface area contributed by atoms with Gasteiger partial charge in [-0.15, -0.1) is 0 Å². The summed E-state index contributed by atoms with van der Waals surface area (Å²) in [5.41, 5.74) is 7.01. The predicted molar refractivity (Wildman–Crippen MR) is 112 cm³/mol. The molecule has 3 aliphatic carbocycles. The number of aliphatic hydroxyl groups excluding tert-OH is 1. The molecule has 0 bridgehead atoms. The van der Waals surface area contributed by atoms with Crippen molar-refractivity contribution in [3.05, 3.63) is 0 Å². The zero-order valence-electron chi connectivity index (χ0n) is 18.9. The molecule has 0 aliphatic heterocycles. The Morgan fingerprint density at radius 2 is 1.93 bits per heavy atom. The predicted octanol–water partition coefficient (Wildman–Crippen LogP) is 4.39. The van der Waals surface area contributed by atoms with E-state index in [0.717, 1.165) is 32.1 Å². The summed E-state index contributed by atoms with van der Waals surface area (Å²) in [6.45, 7) is 11.7. The number of hydrogen-bond acceptors (Lipinski definition) is 4. The molecule has 28 heavy (non-hydrogen) atoms. The maximum absolute atomic E-state index is 11.6. The number of esters is 1.